The van der Waals surface area contributed by atoms with Gasteiger partial charge in [0.25, 0.3) is 0 Å². The standard InChI is InChI=1S/C23H25N3O/c1-3-4-5-6-17-14-20(24)22-19-13-16(9-12-21(19)26-23(22)25-17)15-7-10-18(27-2)11-8-15/h7-14H,3-6H2,1-2H3,(H3,24,25,26). The van der Waals surface area contributed by atoms with Gasteiger partial charge < -0.3 is 15.5 Å². The lowest BCUT2D eigenvalue weighted by molar-refractivity contribution is 0.415. The maximum Gasteiger partial charge on any atom is 0.140 e. The van der Waals surface area contributed by atoms with Crippen molar-refractivity contribution in [1.29, 1.82) is 0 Å². The van der Waals surface area contributed by atoms with Crippen molar-refractivity contribution in [2.24, 2.45) is 0 Å². The van der Waals surface area contributed by atoms with Crippen LogP contribution in [0.3, 0.4) is 0 Å². The molecule has 0 fully saturated rings. The van der Waals surface area contributed by atoms with E-state index < -0.39 is 0 Å². The molecule has 0 radical (unpaired) electrons. The number of hydrogen-bond donors (Lipinski definition) is 2. The summed E-state index contributed by atoms with van der Waals surface area (Å²) in [5.74, 6) is 0.857. The van der Waals surface area contributed by atoms with Gasteiger partial charge in [0, 0.05) is 27.7 Å². The third kappa shape index (κ3) is 3.35. The number of aromatic nitrogens is 2. The molecule has 0 saturated carbocycles. The van der Waals surface area contributed by atoms with E-state index >= 15 is 0 Å². The molecule has 4 nitrogen and oxygen atoms in total. The molecule has 3 N–H and O–H groups in total. The van der Waals surface area contributed by atoms with E-state index in [0.717, 1.165) is 63.0 Å². The van der Waals surface area contributed by atoms with Crippen molar-refractivity contribution in [1.82, 2.24) is 9.97 Å². The van der Waals surface area contributed by atoms with Gasteiger partial charge in [-0.1, -0.05) is 38.0 Å². The Morgan fingerprint density at radius 3 is 2.52 bits per heavy atom. The molecule has 0 aliphatic carbocycles. The number of fused-ring (bicyclic) bond motifs is 3. The van der Waals surface area contributed by atoms with Gasteiger partial charge in [0.15, 0.2) is 0 Å². The van der Waals surface area contributed by atoms with Crippen LogP contribution >= 0.6 is 0 Å². The van der Waals surface area contributed by atoms with Crippen molar-refractivity contribution in [3.05, 3.63) is 54.2 Å². The molecular weight excluding hydrogens is 334 g/mol. The molecule has 4 rings (SSSR count). The van der Waals surface area contributed by atoms with Crippen molar-refractivity contribution >= 4 is 27.6 Å². The van der Waals surface area contributed by atoms with E-state index in [4.69, 9.17) is 15.5 Å². The van der Waals surface area contributed by atoms with Gasteiger partial charge in [-0.25, -0.2) is 4.98 Å². The first-order valence-electron chi connectivity index (χ1n) is 9.55. The Labute approximate surface area is 159 Å². The molecular formula is C23H25N3O. The zero-order valence-corrected chi connectivity index (χ0v) is 15.9. The average molecular weight is 359 g/mol. The molecule has 0 aliphatic rings. The number of nitrogens with zero attached hydrogens (tertiary/aromatic N) is 1. The van der Waals surface area contributed by atoms with Crippen LogP contribution in [0.5, 0.6) is 5.75 Å². The second-order valence-corrected chi connectivity index (χ2v) is 7.00. The van der Waals surface area contributed by atoms with Crippen LogP contribution in [-0.2, 0) is 6.42 Å². The number of H-pyrrole nitrogens is 1. The number of ether oxygens (including phenoxy) is 1. The lowest BCUT2D eigenvalue weighted by Crippen LogP contribution is -1.95. The molecule has 0 aliphatic heterocycles. The van der Waals surface area contributed by atoms with Crippen molar-refractivity contribution in [2.45, 2.75) is 32.6 Å². The molecule has 4 aromatic rings. The summed E-state index contributed by atoms with van der Waals surface area (Å²) in [4.78, 5) is 8.25. The Morgan fingerprint density at radius 1 is 1.00 bits per heavy atom. The number of unbranched alkanes of at least 4 members (excludes halogenated alkanes) is 2. The lowest BCUT2D eigenvalue weighted by atomic mass is 10.0. The van der Waals surface area contributed by atoms with E-state index in [1.807, 2.05) is 18.2 Å². The third-order valence-corrected chi connectivity index (χ3v) is 5.10. The zero-order valence-electron chi connectivity index (χ0n) is 15.9. The van der Waals surface area contributed by atoms with Crippen LogP contribution in [-0.4, -0.2) is 17.1 Å². The minimum Gasteiger partial charge on any atom is -0.497 e. The molecule has 2 aromatic heterocycles. The Hall–Kier alpha value is -3.01. The highest BCUT2D eigenvalue weighted by Gasteiger charge is 2.12. The van der Waals surface area contributed by atoms with E-state index in [2.05, 4.69) is 42.2 Å². The maximum absolute atomic E-state index is 6.42. The van der Waals surface area contributed by atoms with E-state index in [9.17, 15) is 0 Å². The molecule has 0 amide bonds. The lowest BCUT2D eigenvalue weighted by Gasteiger charge is -2.05. The SMILES string of the molecule is CCCCCc1cc(N)c2c(n1)[nH]c1ccc(-c3ccc(OC)cc3)cc12. The largest absolute Gasteiger partial charge is 0.497 e. The van der Waals surface area contributed by atoms with Gasteiger partial charge in [0.05, 0.1) is 7.11 Å². The monoisotopic (exact) mass is 359 g/mol. The van der Waals surface area contributed by atoms with Crippen LogP contribution in [0, 0.1) is 0 Å². The Bertz CT molecular complexity index is 1080. The van der Waals surface area contributed by atoms with Crippen LogP contribution in [0.4, 0.5) is 5.69 Å². The van der Waals surface area contributed by atoms with Gasteiger partial charge in [0.1, 0.15) is 11.4 Å². The summed E-state index contributed by atoms with van der Waals surface area (Å²) in [6.07, 6.45) is 4.55. The molecule has 0 atom stereocenters. The van der Waals surface area contributed by atoms with E-state index in [0.29, 0.717) is 0 Å². The summed E-state index contributed by atoms with van der Waals surface area (Å²) >= 11 is 0. The van der Waals surface area contributed by atoms with Gasteiger partial charge in [0.2, 0.25) is 0 Å². The van der Waals surface area contributed by atoms with Crippen LogP contribution in [0.15, 0.2) is 48.5 Å². The van der Waals surface area contributed by atoms with Gasteiger partial charge in [-0.3, -0.25) is 0 Å². The van der Waals surface area contributed by atoms with E-state index in [1.54, 1.807) is 7.11 Å². The zero-order chi connectivity index (χ0) is 18.8. The molecule has 27 heavy (non-hydrogen) atoms. The Balaban J connectivity index is 1.77. The highest BCUT2D eigenvalue weighted by atomic mass is 16.5. The minimum atomic E-state index is 0.796. The fraction of sp³-hybridized carbons (Fsp3) is 0.261. The summed E-state index contributed by atoms with van der Waals surface area (Å²) in [6, 6.07) is 16.5. The van der Waals surface area contributed by atoms with Crippen LogP contribution in [0.1, 0.15) is 31.9 Å². The predicted octanol–water partition coefficient (Wildman–Crippen LogP) is 5.71. The smallest absolute Gasteiger partial charge is 0.140 e. The van der Waals surface area contributed by atoms with Crippen molar-refractivity contribution in [2.75, 3.05) is 12.8 Å². The van der Waals surface area contributed by atoms with Gasteiger partial charge in [-0.2, -0.15) is 0 Å². The van der Waals surface area contributed by atoms with Gasteiger partial charge >= 0.3 is 0 Å². The first-order chi connectivity index (χ1) is 13.2. The normalized spacial score (nSPS) is 11.3. The highest BCUT2D eigenvalue weighted by Crippen LogP contribution is 2.33. The van der Waals surface area contributed by atoms with Gasteiger partial charge in [-0.05, 0) is 54.3 Å². The quantitative estimate of drug-likeness (QED) is 0.434. The second kappa shape index (κ2) is 7.31. The molecule has 0 saturated heterocycles. The molecule has 2 heterocycles. The number of benzene rings is 2. The van der Waals surface area contributed by atoms with Crippen LogP contribution in [0.2, 0.25) is 0 Å². The average Bonchev–Trinajstić information content (AvgIpc) is 3.06. The summed E-state index contributed by atoms with van der Waals surface area (Å²) in [7, 11) is 1.68. The second-order valence-electron chi connectivity index (χ2n) is 7.00. The van der Waals surface area contributed by atoms with Crippen LogP contribution in [0.25, 0.3) is 33.1 Å². The summed E-state index contributed by atoms with van der Waals surface area (Å²) in [6.45, 7) is 2.21. The number of aromatic amines is 1. The highest BCUT2D eigenvalue weighted by molar-refractivity contribution is 6.12. The number of anilines is 1. The van der Waals surface area contributed by atoms with Crippen LogP contribution < -0.4 is 10.5 Å². The number of pyridine rings is 1. The molecule has 0 bridgehead atoms. The van der Waals surface area contributed by atoms with E-state index in [1.165, 1.54) is 12.8 Å². The first-order valence-corrected chi connectivity index (χ1v) is 9.55. The fourth-order valence-corrected chi connectivity index (χ4v) is 3.63. The van der Waals surface area contributed by atoms with Crippen molar-refractivity contribution < 1.29 is 4.74 Å². The third-order valence-electron chi connectivity index (χ3n) is 5.10. The number of nitrogens with one attached hydrogen (secondary N) is 1. The fourth-order valence-electron chi connectivity index (χ4n) is 3.63. The summed E-state index contributed by atoms with van der Waals surface area (Å²) in [5, 5.41) is 2.13. The molecule has 4 heteroatoms. The summed E-state index contributed by atoms with van der Waals surface area (Å²) in [5.41, 5.74) is 12.5. The first kappa shape index (κ1) is 17.4. The molecule has 138 valence electrons. The van der Waals surface area contributed by atoms with E-state index in [-0.39, 0.29) is 0 Å². The number of aryl methyl sites for hydroxylation is 1. The maximum atomic E-state index is 6.42. The number of methoxy groups -OCH3 is 1. The Morgan fingerprint density at radius 2 is 1.78 bits per heavy atom. The Kier molecular flexibility index (Phi) is 4.71. The number of nitrogen functional groups attached to an aromatic ring is 1. The minimum absolute atomic E-state index is 0.796. The predicted molar refractivity (Wildman–Crippen MR) is 113 cm³/mol. The number of rotatable bonds is 6. The number of nitrogens with two attached hydrogens (primary N) is 1. The van der Waals surface area contributed by atoms with Crippen molar-refractivity contribution in [3.8, 4) is 16.9 Å². The molecule has 0 spiro atoms. The number of hydrogen-bond acceptors (Lipinski definition) is 3. The summed E-state index contributed by atoms with van der Waals surface area (Å²) < 4.78 is 5.25. The van der Waals surface area contributed by atoms with Crippen molar-refractivity contribution in [3.63, 3.8) is 0 Å². The van der Waals surface area contributed by atoms with Gasteiger partial charge in [-0.15, -0.1) is 0 Å². The molecule has 2 aromatic carbocycles. The molecule has 0 unspecified atom stereocenters. The topological polar surface area (TPSA) is 63.9 Å².